The monoisotopic (exact) mass is 403 g/mol. The van der Waals surface area contributed by atoms with Crippen LogP contribution >= 0.6 is 11.8 Å². The highest BCUT2D eigenvalue weighted by atomic mass is 32.2. The van der Waals surface area contributed by atoms with Crippen molar-refractivity contribution in [2.75, 3.05) is 10.2 Å². The Morgan fingerprint density at radius 3 is 2.62 bits per heavy atom. The number of nitrogens with one attached hydrogen (secondary N) is 1. The zero-order chi connectivity index (χ0) is 21.0. The number of nitriles is 1. The van der Waals surface area contributed by atoms with E-state index in [1.165, 1.54) is 16.7 Å². The topological polar surface area (TPSA) is 73.2 Å². The highest BCUT2D eigenvalue weighted by molar-refractivity contribution is 8.05. The smallest absolute Gasteiger partial charge is 0.269 e. The summed E-state index contributed by atoms with van der Waals surface area (Å²) in [4.78, 5) is 27.4. The van der Waals surface area contributed by atoms with E-state index >= 15 is 0 Å². The normalized spacial score (nSPS) is 17.6. The summed E-state index contributed by atoms with van der Waals surface area (Å²) in [6.45, 7) is 7.58. The van der Waals surface area contributed by atoms with Gasteiger partial charge < -0.3 is 5.32 Å². The molecule has 2 aromatic carbocycles. The van der Waals surface area contributed by atoms with Crippen LogP contribution in [0.3, 0.4) is 0 Å². The molecule has 0 saturated carbocycles. The van der Waals surface area contributed by atoms with Gasteiger partial charge in [0, 0.05) is 11.4 Å². The van der Waals surface area contributed by atoms with E-state index < -0.39 is 11.2 Å². The highest BCUT2D eigenvalue weighted by Gasteiger charge is 2.40. The van der Waals surface area contributed by atoms with Gasteiger partial charge in [0.25, 0.3) is 5.91 Å². The number of nitrogens with zero attached hydrogens (tertiary/aromatic N) is 2. The zero-order valence-electron chi connectivity index (χ0n) is 16.3. The largest absolute Gasteiger partial charge is 0.321 e. The molecule has 0 spiro atoms. The van der Waals surface area contributed by atoms with Crippen LogP contribution in [0.4, 0.5) is 11.4 Å². The van der Waals surface area contributed by atoms with Crippen LogP contribution in [0.1, 0.15) is 17.5 Å². The summed E-state index contributed by atoms with van der Waals surface area (Å²) in [5.41, 5.74) is 3.16. The quantitative estimate of drug-likeness (QED) is 0.446. The number of allylic oxidation sites excluding steroid dienone is 1. The molecule has 1 saturated heterocycles. The first-order valence-electron chi connectivity index (χ1n) is 9.16. The zero-order valence-corrected chi connectivity index (χ0v) is 17.1. The van der Waals surface area contributed by atoms with Crippen molar-refractivity contribution in [1.29, 1.82) is 5.26 Å². The third-order valence-electron chi connectivity index (χ3n) is 4.75. The number of rotatable bonds is 5. The lowest BCUT2D eigenvalue weighted by Crippen LogP contribution is -2.29. The molecule has 2 aromatic rings. The van der Waals surface area contributed by atoms with Gasteiger partial charge in [0.15, 0.2) is 0 Å². The molecule has 0 unspecified atom stereocenters. The van der Waals surface area contributed by atoms with E-state index in [9.17, 15) is 14.9 Å². The number of para-hydroxylation sites is 1. The van der Waals surface area contributed by atoms with Gasteiger partial charge in [-0.2, -0.15) is 5.26 Å². The van der Waals surface area contributed by atoms with Gasteiger partial charge in [-0.25, -0.2) is 0 Å². The fourth-order valence-corrected chi connectivity index (χ4v) is 4.31. The molecule has 1 heterocycles. The molecule has 5 nitrogen and oxygen atoms in total. The lowest BCUT2D eigenvalue weighted by atomic mass is 10.1. The SMILES string of the molecule is C=CC[C@@H]1S/C(=C(/C#N)C(=O)Nc2cccc(C)c2C)N(c2ccccc2)C1=O. The number of carbonyl (C=O) groups is 2. The first-order valence-corrected chi connectivity index (χ1v) is 10.0. The number of anilines is 2. The summed E-state index contributed by atoms with van der Waals surface area (Å²) < 4.78 is 0. The lowest BCUT2D eigenvalue weighted by molar-refractivity contribution is -0.117. The van der Waals surface area contributed by atoms with Crippen LogP contribution in [-0.2, 0) is 9.59 Å². The van der Waals surface area contributed by atoms with Gasteiger partial charge in [-0.3, -0.25) is 14.5 Å². The van der Waals surface area contributed by atoms with Gasteiger partial charge in [-0.05, 0) is 49.6 Å². The minimum atomic E-state index is -0.531. The second kappa shape index (κ2) is 8.80. The Bertz CT molecular complexity index is 1040. The number of benzene rings is 2. The lowest BCUT2D eigenvalue weighted by Gasteiger charge is -2.18. The number of aryl methyl sites for hydroxylation is 1. The van der Waals surface area contributed by atoms with Gasteiger partial charge in [-0.1, -0.05) is 48.2 Å². The van der Waals surface area contributed by atoms with E-state index in [1.54, 1.807) is 24.3 Å². The van der Waals surface area contributed by atoms with Crippen molar-refractivity contribution in [3.05, 3.63) is 82.9 Å². The average Bonchev–Trinajstić information content (AvgIpc) is 3.03. The van der Waals surface area contributed by atoms with Crippen LogP contribution < -0.4 is 10.2 Å². The molecule has 29 heavy (non-hydrogen) atoms. The second-order valence-corrected chi connectivity index (χ2v) is 7.83. The van der Waals surface area contributed by atoms with Crippen LogP contribution in [0.15, 0.2) is 71.8 Å². The van der Waals surface area contributed by atoms with E-state index in [0.29, 0.717) is 22.8 Å². The summed E-state index contributed by atoms with van der Waals surface area (Å²) in [6.07, 6.45) is 2.12. The fourth-order valence-electron chi connectivity index (χ4n) is 3.04. The molecular weight excluding hydrogens is 382 g/mol. The van der Waals surface area contributed by atoms with Crippen LogP contribution in [-0.4, -0.2) is 17.1 Å². The van der Waals surface area contributed by atoms with Gasteiger partial charge in [-0.15, -0.1) is 6.58 Å². The number of carbonyl (C=O) groups excluding carboxylic acids is 2. The molecule has 0 radical (unpaired) electrons. The Morgan fingerprint density at radius 1 is 1.24 bits per heavy atom. The molecule has 3 rings (SSSR count). The second-order valence-electron chi connectivity index (χ2n) is 6.63. The number of hydrogen-bond acceptors (Lipinski definition) is 4. The summed E-state index contributed by atoms with van der Waals surface area (Å²) >= 11 is 1.23. The average molecular weight is 404 g/mol. The molecule has 0 aliphatic carbocycles. The molecular formula is C23H21N3O2S. The summed E-state index contributed by atoms with van der Waals surface area (Å²) in [7, 11) is 0. The minimum absolute atomic E-state index is 0.0836. The van der Waals surface area contributed by atoms with Gasteiger partial charge >= 0.3 is 0 Å². The van der Waals surface area contributed by atoms with Crippen LogP contribution in [0.5, 0.6) is 0 Å². The van der Waals surface area contributed by atoms with Crippen molar-refractivity contribution in [3.63, 3.8) is 0 Å². The van der Waals surface area contributed by atoms with Crippen LogP contribution in [0.25, 0.3) is 0 Å². The van der Waals surface area contributed by atoms with Crippen molar-refractivity contribution < 1.29 is 9.59 Å². The van der Waals surface area contributed by atoms with Gasteiger partial charge in [0.1, 0.15) is 16.7 Å². The molecule has 1 N–H and O–H groups in total. The van der Waals surface area contributed by atoms with Crippen molar-refractivity contribution in [1.82, 2.24) is 0 Å². The third kappa shape index (κ3) is 4.10. The molecule has 1 aliphatic heterocycles. The maximum absolute atomic E-state index is 13.0. The fraction of sp³-hybridized carbons (Fsp3) is 0.174. The Labute approximate surface area is 174 Å². The molecule has 1 aliphatic rings. The van der Waals surface area contributed by atoms with E-state index in [1.807, 2.05) is 50.2 Å². The minimum Gasteiger partial charge on any atom is -0.321 e. The Kier molecular flexibility index (Phi) is 6.20. The van der Waals surface area contributed by atoms with Crippen molar-refractivity contribution in [3.8, 4) is 6.07 Å². The van der Waals surface area contributed by atoms with Crippen LogP contribution in [0.2, 0.25) is 0 Å². The van der Waals surface area contributed by atoms with Gasteiger partial charge in [0.05, 0.1) is 5.25 Å². The van der Waals surface area contributed by atoms with E-state index in [4.69, 9.17) is 0 Å². The predicted octanol–water partition coefficient (Wildman–Crippen LogP) is 4.70. The molecule has 6 heteroatoms. The summed E-state index contributed by atoms with van der Waals surface area (Å²) in [5, 5.41) is 12.5. The molecule has 1 fully saturated rings. The van der Waals surface area contributed by atoms with Crippen molar-refractivity contribution in [2.45, 2.75) is 25.5 Å². The molecule has 1 atom stereocenters. The van der Waals surface area contributed by atoms with Gasteiger partial charge in [0.2, 0.25) is 5.91 Å². The Hall–Kier alpha value is -3.30. The Morgan fingerprint density at radius 2 is 1.97 bits per heavy atom. The highest BCUT2D eigenvalue weighted by Crippen LogP contribution is 2.42. The van der Waals surface area contributed by atoms with E-state index in [-0.39, 0.29) is 11.5 Å². The first-order chi connectivity index (χ1) is 14.0. The molecule has 0 bridgehead atoms. The summed E-state index contributed by atoms with van der Waals surface area (Å²) in [6, 6.07) is 16.6. The van der Waals surface area contributed by atoms with Crippen LogP contribution in [0, 0.1) is 25.2 Å². The number of hydrogen-bond donors (Lipinski definition) is 1. The molecule has 0 aromatic heterocycles. The summed E-state index contributed by atoms with van der Waals surface area (Å²) in [5.74, 6) is -0.694. The maximum Gasteiger partial charge on any atom is 0.269 e. The van der Waals surface area contributed by atoms with E-state index in [2.05, 4.69) is 11.9 Å². The van der Waals surface area contributed by atoms with Crippen molar-refractivity contribution >= 4 is 35.0 Å². The predicted molar refractivity (Wildman–Crippen MR) is 117 cm³/mol. The Balaban J connectivity index is 2.04. The standard InChI is InChI=1S/C23H21N3O2S/c1-4-9-20-22(28)26(17-11-6-5-7-12-17)23(29-20)18(14-24)21(27)25-19-13-8-10-15(2)16(19)3/h4-8,10-13,20H,1,9H2,2-3H3,(H,25,27)/b23-18-/t20-/m0/s1. The number of thioether (sulfide) groups is 1. The maximum atomic E-state index is 13.0. The number of amides is 2. The molecule has 2 amide bonds. The van der Waals surface area contributed by atoms with E-state index in [0.717, 1.165) is 11.1 Å². The van der Waals surface area contributed by atoms with Crippen molar-refractivity contribution in [2.24, 2.45) is 0 Å². The third-order valence-corrected chi connectivity index (χ3v) is 6.04. The first kappa shape index (κ1) is 20.4. The molecule has 146 valence electrons.